The molecule has 0 aliphatic carbocycles. The number of nitrogens with zero attached hydrogens (tertiary/aromatic N) is 1. The number of urea groups is 1. The largest absolute Gasteiger partial charge is 0.351 e. The molecule has 0 spiro atoms. The molecule has 56 valence electrons. The number of amides is 2. The summed E-state index contributed by atoms with van der Waals surface area (Å²) in [4.78, 5) is 11.9. The van der Waals surface area contributed by atoms with Gasteiger partial charge in [0.05, 0.1) is 0 Å². The van der Waals surface area contributed by atoms with Crippen LogP contribution in [0.3, 0.4) is 0 Å². The van der Waals surface area contributed by atoms with Crippen molar-refractivity contribution in [3.05, 3.63) is 0 Å². The second kappa shape index (κ2) is 5.34. The maximum atomic E-state index is 10.3. The highest BCUT2D eigenvalue weighted by molar-refractivity contribution is 5.71. The highest BCUT2D eigenvalue weighted by Gasteiger charge is 2.00. The van der Waals surface area contributed by atoms with Gasteiger partial charge in [-0.15, -0.1) is 0 Å². The Balaban J connectivity index is 0. The van der Waals surface area contributed by atoms with Gasteiger partial charge in [0.2, 0.25) is 0 Å². The quantitative estimate of drug-likeness (QED) is 0.592. The van der Waals surface area contributed by atoms with Gasteiger partial charge in [0.25, 0.3) is 0 Å². The molecule has 0 aromatic heterocycles. The molecule has 0 heterocycles. The van der Waals surface area contributed by atoms with Crippen LogP contribution in [0.1, 0.15) is 13.8 Å². The predicted molar refractivity (Wildman–Crippen MR) is 35.0 cm³/mol. The minimum Gasteiger partial charge on any atom is -0.351 e. The van der Waals surface area contributed by atoms with Crippen LogP contribution in [0.4, 0.5) is 9.50 Å². The SMILES string of the molecule is CCN(CC)C(N)=O.F. The first-order valence-electron chi connectivity index (χ1n) is 2.76. The van der Waals surface area contributed by atoms with Gasteiger partial charge in [0.1, 0.15) is 0 Å². The Morgan fingerprint density at radius 3 is 1.78 bits per heavy atom. The van der Waals surface area contributed by atoms with Crippen molar-refractivity contribution in [2.75, 3.05) is 13.1 Å². The molecule has 2 amide bonds. The van der Waals surface area contributed by atoms with Gasteiger partial charge in [-0.25, -0.2) is 4.79 Å². The van der Waals surface area contributed by atoms with Crippen LogP contribution in [0, 0.1) is 0 Å². The fourth-order valence-electron chi connectivity index (χ4n) is 0.535. The number of carbonyl (C=O) groups excluding carboxylic acids is 1. The average Bonchev–Trinajstić information content (AvgIpc) is 1.69. The van der Waals surface area contributed by atoms with Gasteiger partial charge in [-0.1, -0.05) is 0 Å². The predicted octanol–water partition coefficient (Wildman–Crippen LogP) is 0.559. The summed E-state index contributed by atoms with van der Waals surface area (Å²) in [5, 5.41) is 0. The molecule has 0 aliphatic heterocycles. The Morgan fingerprint density at radius 2 is 1.78 bits per heavy atom. The number of halogens is 1. The van der Waals surface area contributed by atoms with Crippen molar-refractivity contribution < 1.29 is 9.50 Å². The Labute approximate surface area is 54.2 Å². The third-order valence-electron chi connectivity index (χ3n) is 1.08. The molecule has 0 atom stereocenters. The lowest BCUT2D eigenvalue weighted by atomic mass is 10.5. The molecule has 0 unspecified atom stereocenters. The van der Waals surface area contributed by atoms with E-state index in [-0.39, 0.29) is 10.7 Å². The Bertz CT molecular complexity index is 83.0. The molecule has 0 saturated heterocycles. The lowest BCUT2D eigenvalue weighted by Crippen LogP contribution is -2.35. The fourth-order valence-corrected chi connectivity index (χ4v) is 0.535. The van der Waals surface area contributed by atoms with Crippen molar-refractivity contribution in [2.24, 2.45) is 5.73 Å². The number of nitrogens with two attached hydrogens (primary N) is 1. The second-order valence-corrected chi connectivity index (χ2v) is 1.51. The molecular weight excluding hydrogens is 123 g/mol. The lowest BCUT2D eigenvalue weighted by Gasteiger charge is -2.13. The Morgan fingerprint density at radius 1 is 1.44 bits per heavy atom. The van der Waals surface area contributed by atoms with Crippen molar-refractivity contribution >= 4 is 6.03 Å². The number of rotatable bonds is 2. The first-order chi connectivity index (χ1) is 3.72. The number of hydrogen-bond donors (Lipinski definition) is 1. The lowest BCUT2D eigenvalue weighted by molar-refractivity contribution is 0.213. The molecule has 2 N–H and O–H groups in total. The van der Waals surface area contributed by atoms with E-state index in [0.717, 1.165) is 0 Å². The van der Waals surface area contributed by atoms with Crippen molar-refractivity contribution in [1.82, 2.24) is 4.90 Å². The minimum atomic E-state index is -0.338. The average molecular weight is 136 g/mol. The van der Waals surface area contributed by atoms with E-state index in [1.165, 1.54) is 0 Å². The van der Waals surface area contributed by atoms with Crippen LogP contribution >= 0.6 is 0 Å². The Hall–Kier alpha value is -0.800. The smallest absolute Gasteiger partial charge is 0.314 e. The van der Waals surface area contributed by atoms with Crippen LogP contribution in [-0.4, -0.2) is 24.0 Å². The normalized spacial score (nSPS) is 7.78. The van der Waals surface area contributed by atoms with Crippen molar-refractivity contribution in [1.29, 1.82) is 0 Å². The molecule has 3 nitrogen and oxygen atoms in total. The van der Waals surface area contributed by atoms with E-state index in [2.05, 4.69) is 0 Å². The number of primary amides is 1. The van der Waals surface area contributed by atoms with E-state index in [1.54, 1.807) is 4.90 Å². The summed E-state index contributed by atoms with van der Waals surface area (Å²) in [5.41, 5.74) is 4.94. The van der Waals surface area contributed by atoms with Gasteiger partial charge < -0.3 is 10.6 Å². The molecule has 0 fully saturated rings. The summed E-state index contributed by atoms with van der Waals surface area (Å²) < 4.78 is 0. The monoisotopic (exact) mass is 136 g/mol. The zero-order valence-corrected chi connectivity index (χ0v) is 5.76. The van der Waals surface area contributed by atoms with E-state index >= 15 is 0 Å². The molecule has 9 heavy (non-hydrogen) atoms. The zero-order valence-electron chi connectivity index (χ0n) is 5.76. The molecule has 0 radical (unpaired) electrons. The van der Waals surface area contributed by atoms with Gasteiger partial charge in [0, 0.05) is 13.1 Å². The van der Waals surface area contributed by atoms with Gasteiger partial charge >= 0.3 is 6.03 Å². The zero-order chi connectivity index (χ0) is 6.57. The summed E-state index contributed by atoms with van der Waals surface area (Å²) in [6.45, 7) is 5.19. The topological polar surface area (TPSA) is 46.3 Å². The second-order valence-electron chi connectivity index (χ2n) is 1.51. The highest BCUT2D eigenvalue weighted by atomic mass is 19.0. The van der Waals surface area contributed by atoms with Gasteiger partial charge in [-0.2, -0.15) is 0 Å². The summed E-state index contributed by atoms with van der Waals surface area (Å²) in [6.07, 6.45) is 0. The molecule has 0 bridgehead atoms. The van der Waals surface area contributed by atoms with Gasteiger partial charge in [-0.3, -0.25) is 4.70 Å². The fraction of sp³-hybridized carbons (Fsp3) is 0.800. The summed E-state index contributed by atoms with van der Waals surface area (Å²) in [5.74, 6) is 0. The van der Waals surface area contributed by atoms with E-state index in [9.17, 15) is 4.79 Å². The van der Waals surface area contributed by atoms with Crippen LogP contribution in [0.15, 0.2) is 0 Å². The molecule has 0 aromatic rings. The van der Waals surface area contributed by atoms with Crippen LogP contribution < -0.4 is 5.73 Å². The van der Waals surface area contributed by atoms with Crippen LogP contribution in [0.25, 0.3) is 0 Å². The summed E-state index contributed by atoms with van der Waals surface area (Å²) in [7, 11) is 0. The third-order valence-corrected chi connectivity index (χ3v) is 1.08. The number of carbonyl (C=O) groups is 1. The molecular formula is C5H13FN2O. The highest BCUT2D eigenvalue weighted by Crippen LogP contribution is 1.82. The van der Waals surface area contributed by atoms with Crippen molar-refractivity contribution in [3.8, 4) is 0 Å². The van der Waals surface area contributed by atoms with Gasteiger partial charge in [0.15, 0.2) is 0 Å². The molecule has 0 saturated carbocycles. The van der Waals surface area contributed by atoms with E-state index in [1.807, 2.05) is 13.8 Å². The van der Waals surface area contributed by atoms with Crippen LogP contribution in [0.5, 0.6) is 0 Å². The molecule has 0 aromatic carbocycles. The first-order valence-corrected chi connectivity index (χ1v) is 2.76. The molecule has 0 aliphatic rings. The molecule has 4 heteroatoms. The summed E-state index contributed by atoms with van der Waals surface area (Å²) >= 11 is 0. The summed E-state index contributed by atoms with van der Waals surface area (Å²) in [6, 6.07) is -0.338. The number of hydrogen-bond acceptors (Lipinski definition) is 1. The van der Waals surface area contributed by atoms with E-state index < -0.39 is 0 Å². The third kappa shape index (κ3) is 3.76. The molecule has 0 rings (SSSR count). The van der Waals surface area contributed by atoms with Gasteiger partial charge in [-0.05, 0) is 13.8 Å². The van der Waals surface area contributed by atoms with E-state index in [0.29, 0.717) is 13.1 Å². The van der Waals surface area contributed by atoms with Crippen molar-refractivity contribution in [3.63, 3.8) is 0 Å². The maximum Gasteiger partial charge on any atom is 0.314 e. The first kappa shape index (κ1) is 11.1. The minimum absolute atomic E-state index is 0. The van der Waals surface area contributed by atoms with E-state index in [4.69, 9.17) is 5.73 Å². The van der Waals surface area contributed by atoms with Crippen LogP contribution in [0.2, 0.25) is 0 Å². The standard InChI is InChI=1S/C5H12N2O.FH/c1-3-7(4-2)5(6)8;/h3-4H2,1-2H3,(H2,6,8);1H. The Kier molecular flexibility index (Phi) is 6.56. The van der Waals surface area contributed by atoms with Crippen molar-refractivity contribution in [2.45, 2.75) is 13.8 Å². The maximum absolute atomic E-state index is 10.3. The van der Waals surface area contributed by atoms with Crippen LogP contribution in [-0.2, 0) is 0 Å².